The third-order valence-corrected chi connectivity index (χ3v) is 3.40. The van der Waals surface area contributed by atoms with E-state index in [1.807, 2.05) is 13.8 Å². The molecule has 1 aliphatic carbocycles. The summed E-state index contributed by atoms with van der Waals surface area (Å²) >= 11 is 0. The minimum Gasteiger partial charge on any atom is -0.317 e. The Morgan fingerprint density at radius 2 is 1.94 bits per heavy atom. The van der Waals surface area contributed by atoms with Crippen molar-refractivity contribution in [3.63, 3.8) is 0 Å². The van der Waals surface area contributed by atoms with Crippen molar-refractivity contribution in [2.45, 2.75) is 45.3 Å². The Morgan fingerprint density at radius 3 is 2.35 bits per heavy atom. The van der Waals surface area contributed by atoms with Crippen molar-refractivity contribution in [1.82, 2.24) is 10.2 Å². The molecule has 1 N–H and O–H groups in total. The van der Waals surface area contributed by atoms with Crippen LogP contribution in [-0.2, 0) is 0 Å². The van der Waals surface area contributed by atoms with E-state index in [2.05, 4.69) is 5.32 Å². The molecule has 0 heterocycles. The van der Waals surface area contributed by atoms with Crippen molar-refractivity contribution >= 4 is 0 Å². The third-order valence-electron chi connectivity index (χ3n) is 3.40. The quantitative estimate of drug-likeness (QED) is 0.749. The number of hydrogen-bond donors (Lipinski definition) is 1. The molecule has 17 heavy (non-hydrogen) atoms. The number of alkyl halides is 3. The Labute approximate surface area is 102 Å². The Morgan fingerprint density at radius 1 is 1.24 bits per heavy atom. The molecule has 1 fully saturated rings. The molecule has 0 aromatic rings. The summed E-state index contributed by atoms with van der Waals surface area (Å²) in [5.74, 6) is 0.392. The van der Waals surface area contributed by atoms with Crippen molar-refractivity contribution < 1.29 is 13.2 Å². The van der Waals surface area contributed by atoms with Gasteiger partial charge in [0.1, 0.15) is 0 Å². The zero-order chi connectivity index (χ0) is 12.9. The molecule has 0 bridgehead atoms. The normalized spacial score (nSPS) is 25.1. The van der Waals surface area contributed by atoms with Crippen LogP contribution in [-0.4, -0.2) is 43.3 Å². The van der Waals surface area contributed by atoms with Crippen LogP contribution >= 0.6 is 0 Å². The first-order valence-electron chi connectivity index (χ1n) is 6.49. The van der Waals surface area contributed by atoms with Gasteiger partial charge in [-0.05, 0) is 44.8 Å². The number of rotatable bonds is 7. The van der Waals surface area contributed by atoms with Crippen LogP contribution in [0.2, 0.25) is 0 Å². The Balaban J connectivity index is 2.46. The van der Waals surface area contributed by atoms with Crippen LogP contribution in [0.25, 0.3) is 0 Å². The topological polar surface area (TPSA) is 15.3 Å². The molecular formula is C12H23F3N2. The van der Waals surface area contributed by atoms with Gasteiger partial charge in [-0.15, -0.1) is 0 Å². The highest BCUT2D eigenvalue weighted by molar-refractivity contribution is 4.90. The Kier molecular flexibility index (Phi) is 5.73. The van der Waals surface area contributed by atoms with Crippen LogP contribution in [0.5, 0.6) is 0 Å². The zero-order valence-corrected chi connectivity index (χ0v) is 10.7. The standard InChI is InChI=1S/C12H23F3N2/c1-3-7-17(9-12(13,14)15)11-6-5-10(11)8-16-4-2/h10-11,16H,3-9H2,1-2H3. The summed E-state index contributed by atoms with van der Waals surface area (Å²) < 4.78 is 37.4. The molecule has 1 aliphatic rings. The lowest BCUT2D eigenvalue weighted by Crippen LogP contribution is -2.53. The van der Waals surface area contributed by atoms with Gasteiger partial charge in [-0.25, -0.2) is 0 Å². The fourth-order valence-corrected chi connectivity index (χ4v) is 2.48. The molecule has 0 saturated heterocycles. The SMILES string of the molecule is CCCN(CC(F)(F)F)C1CCC1CNCC. The summed E-state index contributed by atoms with van der Waals surface area (Å²) in [6.07, 6.45) is -1.34. The molecule has 0 aromatic heterocycles. The van der Waals surface area contributed by atoms with Crippen LogP contribution < -0.4 is 5.32 Å². The molecule has 0 aromatic carbocycles. The smallest absolute Gasteiger partial charge is 0.317 e. The van der Waals surface area contributed by atoms with E-state index in [0.29, 0.717) is 12.5 Å². The second-order valence-electron chi connectivity index (χ2n) is 4.80. The van der Waals surface area contributed by atoms with Crippen molar-refractivity contribution in [2.75, 3.05) is 26.2 Å². The van der Waals surface area contributed by atoms with E-state index < -0.39 is 12.7 Å². The maximum Gasteiger partial charge on any atom is 0.401 e. The van der Waals surface area contributed by atoms with Crippen LogP contribution in [0.4, 0.5) is 13.2 Å². The molecule has 0 radical (unpaired) electrons. The summed E-state index contributed by atoms with van der Waals surface area (Å²) in [7, 11) is 0. The largest absolute Gasteiger partial charge is 0.401 e. The molecule has 0 amide bonds. The molecular weight excluding hydrogens is 229 g/mol. The molecule has 0 aliphatic heterocycles. The van der Waals surface area contributed by atoms with Crippen molar-refractivity contribution in [2.24, 2.45) is 5.92 Å². The maximum atomic E-state index is 12.5. The molecule has 2 nitrogen and oxygen atoms in total. The van der Waals surface area contributed by atoms with Gasteiger partial charge >= 0.3 is 6.18 Å². The molecule has 0 spiro atoms. The van der Waals surface area contributed by atoms with Gasteiger partial charge in [0, 0.05) is 6.04 Å². The first-order chi connectivity index (χ1) is 7.98. The molecule has 5 heteroatoms. The van der Waals surface area contributed by atoms with Gasteiger partial charge < -0.3 is 5.32 Å². The van der Waals surface area contributed by atoms with Crippen molar-refractivity contribution in [3.8, 4) is 0 Å². The number of hydrogen-bond acceptors (Lipinski definition) is 2. The maximum absolute atomic E-state index is 12.5. The highest BCUT2D eigenvalue weighted by atomic mass is 19.4. The van der Waals surface area contributed by atoms with Gasteiger partial charge in [0.15, 0.2) is 0 Å². The molecule has 102 valence electrons. The highest BCUT2D eigenvalue weighted by Gasteiger charge is 2.40. The fraction of sp³-hybridized carbons (Fsp3) is 1.00. The number of nitrogens with zero attached hydrogens (tertiary/aromatic N) is 1. The summed E-state index contributed by atoms with van der Waals surface area (Å²) in [5.41, 5.74) is 0. The molecule has 1 rings (SSSR count). The number of halogens is 3. The van der Waals surface area contributed by atoms with E-state index in [1.54, 1.807) is 4.90 Å². The van der Waals surface area contributed by atoms with Crippen molar-refractivity contribution in [1.29, 1.82) is 0 Å². The van der Waals surface area contributed by atoms with Gasteiger partial charge in [0.05, 0.1) is 6.54 Å². The molecule has 2 unspecified atom stereocenters. The first-order valence-corrected chi connectivity index (χ1v) is 6.49. The Bertz CT molecular complexity index is 218. The van der Waals surface area contributed by atoms with E-state index in [9.17, 15) is 13.2 Å². The van der Waals surface area contributed by atoms with Crippen LogP contribution in [0.3, 0.4) is 0 Å². The summed E-state index contributed by atoms with van der Waals surface area (Å²) in [5, 5.41) is 3.23. The van der Waals surface area contributed by atoms with Gasteiger partial charge in [-0.3, -0.25) is 4.90 Å². The predicted molar refractivity (Wildman–Crippen MR) is 63.0 cm³/mol. The van der Waals surface area contributed by atoms with E-state index in [-0.39, 0.29) is 6.04 Å². The van der Waals surface area contributed by atoms with E-state index in [1.165, 1.54) is 0 Å². The molecule has 1 saturated carbocycles. The zero-order valence-electron chi connectivity index (χ0n) is 10.7. The summed E-state index contributed by atoms with van der Waals surface area (Å²) in [6.45, 7) is 5.48. The second kappa shape index (κ2) is 6.59. The minimum absolute atomic E-state index is 0.121. The van der Waals surface area contributed by atoms with E-state index >= 15 is 0 Å². The van der Waals surface area contributed by atoms with Crippen molar-refractivity contribution in [3.05, 3.63) is 0 Å². The van der Waals surface area contributed by atoms with Crippen LogP contribution in [0.1, 0.15) is 33.1 Å². The third kappa shape index (κ3) is 4.84. The molecule has 2 atom stereocenters. The van der Waals surface area contributed by atoms with E-state index in [4.69, 9.17) is 0 Å². The van der Waals surface area contributed by atoms with Gasteiger partial charge in [0.2, 0.25) is 0 Å². The Hall–Kier alpha value is -0.290. The van der Waals surface area contributed by atoms with E-state index in [0.717, 1.165) is 32.4 Å². The lowest BCUT2D eigenvalue weighted by Gasteiger charge is -2.44. The average molecular weight is 252 g/mol. The highest BCUT2D eigenvalue weighted by Crippen LogP contribution is 2.33. The lowest BCUT2D eigenvalue weighted by molar-refractivity contribution is -0.158. The summed E-state index contributed by atoms with van der Waals surface area (Å²) in [4.78, 5) is 1.62. The minimum atomic E-state index is -4.08. The first kappa shape index (κ1) is 14.8. The van der Waals surface area contributed by atoms with Gasteiger partial charge in [0.25, 0.3) is 0 Å². The second-order valence-corrected chi connectivity index (χ2v) is 4.80. The number of nitrogens with one attached hydrogen (secondary N) is 1. The van der Waals surface area contributed by atoms with Crippen LogP contribution in [0.15, 0.2) is 0 Å². The fourth-order valence-electron chi connectivity index (χ4n) is 2.48. The van der Waals surface area contributed by atoms with Gasteiger partial charge in [-0.2, -0.15) is 13.2 Å². The lowest BCUT2D eigenvalue weighted by atomic mass is 9.78. The van der Waals surface area contributed by atoms with Crippen LogP contribution in [0, 0.1) is 5.92 Å². The summed E-state index contributed by atoms with van der Waals surface area (Å²) in [6, 6.07) is 0.121. The van der Waals surface area contributed by atoms with Gasteiger partial charge in [-0.1, -0.05) is 13.8 Å². The monoisotopic (exact) mass is 252 g/mol. The average Bonchev–Trinajstić information content (AvgIpc) is 2.14. The predicted octanol–water partition coefficient (Wildman–Crippen LogP) is 2.65.